The molecule has 2 atom stereocenters. The lowest BCUT2D eigenvalue weighted by atomic mass is 10.0. The molecule has 0 saturated heterocycles. The summed E-state index contributed by atoms with van der Waals surface area (Å²) in [6, 6.07) is 18.7. The Balaban J connectivity index is 1.67. The topological polar surface area (TPSA) is 35.5 Å². The zero-order valence-electron chi connectivity index (χ0n) is 25.6. The van der Waals surface area contributed by atoms with Gasteiger partial charge in [0.2, 0.25) is 6.29 Å². The first-order chi connectivity index (χ1) is 18.8. The van der Waals surface area contributed by atoms with E-state index in [4.69, 9.17) is 9.47 Å². The van der Waals surface area contributed by atoms with E-state index in [9.17, 15) is 4.79 Å². The summed E-state index contributed by atoms with van der Waals surface area (Å²) in [5.41, 5.74) is 2.51. The average molecular weight is 539 g/mol. The van der Waals surface area contributed by atoms with Crippen molar-refractivity contribution in [3.63, 3.8) is 0 Å². The number of carbonyl (C=O) groups is 1. The third-order valence-electron chi connectivity index (χ3n) is 7.62. The fourth-order valence-corrected chi connectivity index (χ4v) is 5.11. The molecule has 4 nitrogen and oxygen atoms in total. The molecule has 4 heteroatoms. The molecule has 0 radical (unpaired) electrons. The first kappa shape index (κ1) is 32.9. The molecule has 2 unspecified atom stereocenters. The maximum atomic E-state index is 12.8. The highest BCUT2D eigenvalue weighted by atomic mass is 16.7. The molecule has 0 aliphatic carbocycles. The molecule has 0 amide bonds. The van der Waals surface area contributed by atoms with Crippen molar-refractivity contribution in [2.45, 2.75) is 117 Å². The quantitative estimate of drug-likeness (QED) is 0.0688. The molecule has 0 aliphatic heterocycles. The van der Waals surface area contributed by atoms with Crippen LogP contribution >= 0.6 is 0 Å². The number of unbranched alkanes of at least 4 members (excludes halogenated alkanes) is 10. The van der Waals surface area contributed by atoms with Crippen LogP contribution in [0.3, 0.4) is 0 Å². The van der Waals surface area contributed by atoms with Gasteiger partial charge in [-0.2, -0.15) is 0 Å². The highest BCUT2D eigenvalue weighted by Crippen LogP contribution is 2.23. The molecule has 0 aromatic heterocycles. The molecule has 0 saturated carbocycles. The van der Waals surface area contributed by atoms with E-state index in [-0.39, 0.29) is 11.9 Å². The van der Waals surface area contributed by atoms with Crippen LogP contribution in [0.15, 0.2) is 54.6 Å². The lowest BCUT2D eigenvalue weighted by molar-refractivity contribution is -0.904. The Bertz CT molecular complexity index is 911. The smallest absolute Gasteiger partial charge is 0.311 e. The maximum Gasteiger partial charge on any atom is 0.311 e. The first-order valence-electron chi connectivity index (χ1n) is 15.6. The number of benzene rings is 2. The number of nitrogens with zero attached hydrogens (tertiary/aromatic N) is 1. The van der Waals surface area contributed by atoms with Gasteiger partial charge >= 0.3 is 5.97 Å². The second kappa shape index (κ2) is 18.9. The Hall–Kier alpha value is -2.33. The van der Waals surface area contributed by atoms with E-state index < -0.39 is 6.29 Å². The molecular formula is C35H56NO3+. The predicted octanol–water partition coefficient (Wildman–Crippen LogP) is 9.11. The molecule has 0 bridgehead atoms. The van der Waals surface area contributed by atoms with Crippen LogP contribution in [-0.2, 0) is 22.5 Å². The number of quaternary nitrogens is 1. The number of rotatable bonds is 21. The number of esters is 1. The first-order valence-corrected chi connectivity index (χ1v) is 15.6. The number of para-hydroxylation sites is 1. The molecule has 0 N–H and O–H groups in total. The van der Waals surface area contributed by atoms with E-state index in [2.05, 4.69) is 57.4 Å². The van der Waals surface area contributed by atoms with Crippen molar-refractivity contribution in [3.05, 3.63) is 65.7 Å². The van der Waals surface area contributed by atoms with E-state index in [0.29, 0.717) is 0 Å². The van der Waals surface area contributed by atoms with E-state index in [1.54, 1.807) is 0 Å². The number of hydrogen-bond donors (Lipinski definition) is 0. The summed E-state index contributed by atoms with van der Waals surface area (Å²) in [6.07, 6.45) is 15.9. The van der Waals surface area contributed by atoms with Crippen molar-refractivity contribution in [2.75, 3.05) is 20.6 Å². The molecule has 0 heterocycles. The van der Waals surface area contributed by atoms with Crippen molar-refractivity contribution in [1.29, 1.82) is 0 Å². The molecule has 0 fully saturated rings. The van der Waals surface area contributed by atoms with Gasteiger partial charge < -0.3 is 14.0 Å². The second-order valence-corrected chi connectivity index (χ2v) is 12.0. The molecular weight excluding hydrogens is 482 g/mol. The van der Waals surface area contributed by atoms with Crippen molar-refractivity contribution < 1.29 is 18.8 Å². The van der Waals surface area contributed by atoms with Gasteiger partial charge in [0.25, 0.3) is 0 Å². The highest BCUT2D eigenvalue weighted by Gasteiger charge is 2.23. The van der Waals surface area contributed by atoms with Crippen molar-refractivity contribution in [2.24, 2.45) is 5.92 Å². The highest BCUT2D eigenvalue weighted by molar-refractivity contribution is 5.72. The van der Waals surface area contributed by atoms with Crippen LogP contribution in [0.5, 0.6) is 5.75 Å². The zero-order chi connectivity index (χ0) is 28.3. The number of aryl methyl sites for hydroxylation is 1. The SMILES string of the molecule is CCCCCCCCCCCCCc1ccccc1OC(C)OC(=O)C(C)CC[N+](C)(C)Cc1ccccc1. The number of carbonyl (C=O) groups excluding carboxylic acids is 1. The Labute approximate surface area is 239 Å². The lowest BCUT2D eigenvalue weighted by Gasteiger charge is -2.31. The van der Waals surface area contributed by atoms with Gasteiger partial charge in [-0.15, -0.1) is 0 Å². The molecule has 0 aliphatic rings. The van der Waals surface area contributed by atoms with Gasteiger partial charge in [0.15, 0.2) is 0 Å². The van der Waals surface area contributed by atoms with Crippen LogP contribution in [0.2, 0.25) is 0 Å². The van der Waals surface area contributed by atoms with Crippen molar-refractivity contribution in [3.8, 4) is 5.75 Å². The molecule has 39 heavy (non-hydrogen) atoms. The molecule has 0 spiro atoms. The summed E-state index contributed by atoms with van der Waals surface area (Å²) in [6.45, 7) is 7.90. The molecule has 218 valence electrons. The summed E-state index contributed by atoms with van der Waals surface area (Å²) >= 11 is 0. The molecule has 2 aromatic rings. The Kier molecular flexibility index (Phi) is 15.9. The van der Waals surface area contributed by atoms with Gasteiger partial charge in [-0.1, -0.05) is 127 Å². The summed E-state index contributed by atoms with van der Waals surface area (Å²) in [5.74, 6) is 0.471. The van der Waals surface area contributed by atoms with Crippen molar-refractivity contribution >= 4 is 5.97 Å². The van der Waals surface area contributed by atoms with Crippen LogP contribution in [-0.4, -0.2) is 37.4 Å². The summed E-state index contributed by atoms with van der Waals surface area (Å²) in [7, 11) is 4.42. The lowest BCUT2D eigenvalue weighted by Crippen LogP contribution is -2.41. The van der Waals surface area contributed by atoms with Crippen LogP contribution in [0.4, 0.5) is 0 Å². The van der Waals surface area contributed by atoms with Gasteiger partial charge in [-0.3, -0.25) is 4.79 Å². The monoisotopic (exact) mass is 538 g/mol. The average Bonchev–Trinajstić information content (AvgIpc) is 2.91. The van der Waals surface area contributed by atoms with Gasteiger partial charge in [0, 0.05) is 18.9 Å². The standard InChI is InChI=1S/C35H56NO3/c1-6-7-8-9-10-11-12-13-14-15-19-24-33-25-20-21-26-34(33)38-31(3)39-35(37)30(2)27-28-36(4,5)29-32-22-17-16-18-23-32/h16-18,20-23,25-26,30-31H,6-15,19,24,27-29H2,1-5H3/q+1. The number of hydrogen-bond acceptors (Lipinski definition) is 3. The fourth-order valence-electron chi connectivity index (χ4n) is 5.11. The van der Waals surface area contributed by atoms with Gasteiger partial charge in [-0.25, -0.2) is 0 Å². The maximum absolute atomic E-state index is 12.8. The van der Waals surface area contributed by atoms with Gasteiger partial charge in [0.05, 0.1) is 26.6 Å². The van der Waals surface area contributed by atoms with E-state index >= 15 is 0 Å². The van der Waals surface area contributed by atoms with Gasteiger partial charge in [0.1, 0.15) is 12.3 Å². The summed E-state index contributed by atoms with van der Waals surface area (Å²) in [5, 5.41) is 0. The summed E-state index contributed by atoms with van der Waals surface area (Å²) in [4.78, 5) is 12.8. The predicted molar refractivity (Wildman–Crippen MR) is 164 cm³/mol. The van der Waals surface area contributed by atoms with Crippen LogP contribution in [0.25, 0.3) is 0 Å². The van der Waals surface area contributed by atoms with Crippen LogP contribution in [0, 0.1) is 5.92 Å². The Morgan fingerprint density at radius 3 is 1.97 bits per heavy atom. The van der Waals surface area contributed by atoms with E-state index in [1.807, 2.05) is 32.0 Å². The van der Waals surface area contributed by atoms with E-state index in [0.717, 1.165) is 36.2 Å². The van der Waals surface area contributed by atoms with Crippen LogP contribution in [0.1, 0.15) is 109 Å². The zero-order valence-corrected chi connectivity index (χ0v) is 25.6. The minimum absolute atomic E-state index is 0.171. The largest absolute Gasteiger partial charge is 0.455 e. The van der Waals surface area contributed by atoms with Gasteiger partial charge in [-0.05, 0) is 24.5 Å². The minimum Gasteiger partial charge on any atom is -0.455 e. The molecule has 2 rings (SSSR count). The second-order valence-electron chi connectivity index (χ2n) is 12.0. The number of ether oxygens (including phenoxy) is 2. The Morgan fingerprint density at radius 2 is 1.33 bits per heavy atom. The Morgan fingerprint density at radius 1 is 0.769 bits per heavy atom. The third kappa shape index (κ3) is 14.6. The van der Waals surface area contributed by atoms with Crippen molar-refractivity contribution in [1.82, 2.24) is 0 Å². The fraction of sp³-hybridized carbons (Fsp3) is 0.629. The summed E-state index contributed by atoms with van der Waals surface area (Å²) < 4.78 is 12.6. The normalized spacial score (nSPS) is 13.2. The van der Waals surface area contributed by atoms with E-state index in [1.165, 1.54) is 81.8 Å². The third-order valence-corrected chi connectivity index (χ3v) is 7.62. The molecule has 2 aromatic carbocycles. The van der Waals surface area contributed by atoms with Crippen LogP contribution < -0.4 is 4.74 Å². The minimum atomic E-state index is -0.606.